The number of anilines is 2. The van der Waals surface area contributed by atoms with E-state index in [1.807, 2.05) is 25.1 Å². The van der Waals surface area contributed by atoms with Crippen LogP contribution in [0.25, 0.3) is 0 Å². The Balaban J connectivity index is 2.43. The maximum absolute atomic E-state index is 11.1. The van der Waals surface area contributed by atoms with Crippen LogP contribution in [0.2, 0.25) is 0 Å². The number of benzene rings is 2. The molecule has 0 saturated heterocycles. The number of aryl methyl sites for hydroxylation is 1. The van der Waals surface area contributed by atoms with Gasteiger partial charge in [0.1, 0.15) is 5.69 Å². The van der Waals surface area contributed by atoms with Crippen molar-refractivity contribution in [3.05, 3.63) is 61.0 Å². The second-order valence-electron chi connectivity index (χ2n) is 4.00. The second kappa shape index (κ2) is 5.71. The Bertz CT molecular complexity index is 645. The summed E-state index contributed by atoms with van der Waals surface area (Å²) in [6.07, 6.45) is 0. The zero-order valence-corrected chi connectivity index (χ0v) is 13.2. The van der Waals surface area contributed by atoms with Crippen LogP contribution in [-0.4, -0.2) is 4.92 Å². The molecule has 0 amide bonds. The van der Waals surface area contributed by atoms with Gasteiger partial charge in [0.25, 0.3) is 5.69 Å². The van der Waals surface area contributed by atoms with Crippen molar-refractivity contribution < 1.29 is 4.92 Å². The average Bonchev–Trinajstić information content (AvgIpc) is 2.35. The lowest BCUT2D eigenvalue weighted by molar-refractivity contribution is -0.384. The van der Waals surface area contributed by atoms with Crippen LogP contribution in [0.15, 0.2) is 45.3 Å². The smallest absolute Gasteiger partial charge is 0.293 e. The zero-order chi connectivity index (χ0) is 14.0. The van der Waals surface area contributed by atoms with E-state index in [-0.39, 0.29) is 5.69 Å². The van der Waals surface area contributed by atoms with Crippen LogP contribution in [0.5, 0.6) is 0 Å². The van der Waals surface area contributed by atoms with Crippen LogP contribution in [0, 0.1) is 17.0 Å². The normalized spacial score (nSPS) is 10.3. The summed E-state index contributed by atoms with van der Waals surface area (Å²) in [7, 11) is 0. The van der Waals surface area contributed by atoms with E-state index in [0.717, 1.165) is 15.7 Å². The van der Waals surface area contributed by atoms with E-state index >= 15 is 0 Å². The first-order chi connectivity index (χ1) is 8.97. The van der Waals surface area contributed by atoms with Gasteiger partial charge in [-0.25, -0.2) is 0 Å². The molecule has 0 bridgehead atoms. The fraction of sp³-hybridized carbons (Fsp3) is 0.0769. The fourth-order valence-electron chi connectivity index (χ4n) is 1.64. The lowest BCUT2D eigenvalue weighted by atomic mass is 10.2. The summed E-state index contributed by atoms with van der Waals surface area (Å²) >= 11 is 6.62. The highest BCUT2D eigenvalue weighted by molar-refractivity contribution is 9.10. The highest BCUT2D eigenvalue weighted by Crippen LogP contribution is 2.32. The van der Waals surface area contributed by atoms with Gasteiger partial charge >= 0.3 is 0 Å². The average molecular weight is 386 g/mol. The molecule has 0 aliphatic heterocycles. The molecule has 0 aliphatic rings. The van der Waals surface area contributed by atoms with Gasteiger partial charge in [-0.15, -0.1) is 0 Å². The third kappa shape index (κ3) is 3.33. The number of nitrogens with zero attached hydrogens (tertiary/aromatic N) is 1. The van der Waals surface area contributed by atoms with Crippen molar-refractivity contribution in [2.24, 2.45) is 0 Å². The van der Waals surface area contributed by atoms with E-state index in [0.29, 0.717) is 10.2 Å². The van der Waals surface area contributed by atoms with Gasteiger partial charge in [-0.3, -0.25) is 10.1 Å². The first kappa shape index (κ1) is 14.0. The lowest BCUT2D eigenvalue weighted by Crippen LogP contribution is -1.98. The van der Waals surface area contributed by atoms with Gasteiger partial charge in [0.2, 0.25) is 0 Å². The Morgan fingerprint density at radius 1 is 1.05 bits per heavy atom. The standard InChI is InChI=1S/C13H10Br2N2O2/c1-8-2-3-9(14)6-12(8)16-11-5-4-10(15)7-13(11)17(18)19/h2-7,16H,1H3. The Morgan fingerprint density at radius 3 is 2.37 bits per heavy atom. The van der Waals surface area contributed by atoms with Gasteiger partial charge in [0.05, 0.1) is 4.92 Å². The molecule has 4 nitrogen and oxygen atoms in total. The van der Waals surface area contributed by atoms with Gasteiger partial charge in [-0.2, -0.15) is 0 Å². The molecule has 0 aliphatic carbocycles. The maximum Gasteiger partial charge on any atom is 0.293 e. The third-order valence-corrected chi connectivity index (χ3v) is 3.61. The molecule has 0 unspecified atom stereocenters. The molecule has 0 saturated carbocycles. The van der Waals surface area contributed by atoms with Gasteiger partial charge in [-0.05, 0) is 36.8 Å². The SMILES string of the molecule is Cc1ccc(Br)cc1Nc1ccc(Br)cc1[N+](=O)[O-]. The van der Waals surface area contributed by atoms with E-state index in [2.05, 4.69) is 37.2 Å². The van der Waals surface area contributed by atoms with Gasteiger partial charge in [0, 0.05) is 20.7 Å². The summed E-state index contributed by atoms with van der Waals surface area (Å²) < 4.78 is 1.59. The van der Waals surface area contributed by atoms with E-state index in [4.69, 9.17) is 0 Å². The molecule has 2 rings (SSSR count). The summed E-state index contributed by atoms with van der Waals surface area (Å²) in [4.78, 5) is 10.6. The largest absolute Gasteiger partial charge is 0.350 e. The van der Waals surface area contributed by atoms with Crippen LogP contribution in [-0.2, 0) is 0 Å². The second-order valence-corrected chi connectivity index (χ2v) is 5.83. The monoisotopic (exact) mass is 384 g/mol. The number of hydrogen-bond acceptors (Lipinski definition) is 3. The molecule has 98 valence electrons. The minimum atomic E-state index is -0.402. The number of nitro benzene ring substituents is 1. The minimum absolute atomic E-state index is 0.0359. The van der Waals surface area contributed by atoms with E-state index < -0.39 is 4.92 Å². The topological polar surface area (TPSA) is 55.2 Å². The lowest BCUT2D eigenvalue weighted by Gasteiger charge is -2.10. The van der Waals surface area contributed by atoms with Crippen LogP contribution < -0.4 is 5.32 Å². The van der Waals surface area contributed by atoms with Crippen molar-refractivity contribution in [2.45, 2.75) is 6.92 Å². The molecule has 0 aromatic heterocycles. The highest BCUT2D eigenvalue weighted by Gasteiger charge is 2.14. The molecule has 0 radical (unpaired) electrons. The number of hydrogen-bond donors (Lipinski definition) is 1. The minimum Gasteiger partial charge on any atom is -0.350 e. The van der Waals surface area contributed by atoms with Crippen molar-refractivity contribution >= 4 is 48.9 Å². The first-order valence-corrected chi connectivity index (χ1v) is 7.03. The van der Waals surface area contributed by atoms with E-state index in [1.54, 1.807) is 12.1 Å². The summed E-state index contributed by atoms with van der Waals surface area (Å²) in [6, 6.07) is 10.7. The number of rotatable bonds is 3. The van der Waals surface area contributed by atoms with Gasteiger partial charge in [0.15, 0.2) is 0 Å². The van der Waals surface area contributed by atoms with Crippen molar-refractivity contribution in [3.8, 4) is 0 Å². The fourth-order valence-corrected chi connectivity index (χ4v) is 2.35. The number of halogens is 2. The Kier molecular flexibility index (Phi) is 4.21. The Hall–Kier alpha value is -1.40. The maximum atomic E-state index is 11.1. The molecule has 0 spiro atoms. The van der Waals surface area contributed by atoms with Crippen molar-refractivity contribution in [1.29, 1.82) is 0 Å². The first-order valence-electron chi connectivity index (χ1n) is 5.44. The molecule has 6 heteroatoms. The number of nitro groups is 1. The highest BCUT2D eigenvalue weighted by atomic mass is 79.9. The molecule has 1 N–H and O–H groups in total. The molecule has 2 aromatic carbocycles. The molecule has 2 aromatic rings. The summed E-state index contributed by atoms with van der Waals surface area (Å²) in [6.45, 7) is 1.94. The molecule has 0 fully saturated rings. The predicted octanol–water partition coefficient (Wildman–Crippen LogP) is 5.17. The van der Waals surface area contributed by atoms with Crippen LogP contribution in [0.1, 0.15) is 5.56 Å². The van der Waals surface area contributed by atoms with Gasteiger partial charge in [-0.1, -0.05) is 37.9 Å². The van der Waals surface area contributed by atoms with Crippen molar-refractivity contribution in [2.75, 3.05) is 5.32 Å². The van der Waals surface area contributed by atoms with Crippen molar-refractivity contribution in [1.82, 2.24) is 0 Å². The van der Waals surface area contributed by atoms with Gasteiger partial charge < -0.3 is 5.32 Å². The molecule has 0 heterocycles. The predicted molar refractivity (Wildman–Crippen MR) is 83.0 cm³/mol. The molecule has 19 heavy (non-hydrogen) atoms. The molecular formula is C13H10Br2N2O2. The van der Waals surface area contributed by atoms with Crippen LogP contribution in [0.3, 0.4) is 0 Å². The third-order valence-electron chi connectivity index (χ3n) is 2.63. The summed E-state index contributed by atoms with van der Waals surface area (Å²) in [5, 5.41) is 14.1. The summed E-state index contributed by atoms with van der Waals surface area (Å²) in [5.41, 5.74) is 2.35. The van der Waals surface area contributed by atoms with Crippen molar-refractivity contribution in [3.63, 3.8) is 0 Å². The Morgan fingerprint density at radius 2 is 1.68 bits per heavy atom. The zero-order valence-electron chi connectivity index (χ0n) is 9.98. The van der Waals surface area contributed by atoms with Crippen LogP contribution in [0.4, 0.5) is 17.1 Å². The van der Waals surface area contributed by atoms with Crippen LogP contribution >= 0.6 is 31.9 Å². The summed E-state index contributed by atoms with van der Waals surface area (Å²) in [5.74, 6) is 0. The van der Waals surface area contributed by atoms with E-state index in [1.165, 1.54) is 6.07 Å². The van der Waals surface area contributed by atoms with E-state index in [9.17, 15) is 10.1 Å². The number of nitrogens with one attached hydrogen (secondary N) is 1. The molecule has 0 atom stereocenters. The Labute approximate surface area is 127 Å². The molecular weight excluding hydrogens is 376 g/mol. The quantitative estimate of drug-likeness (QED) is 0.585.